The fourth-order valence-corrected chi connectivity index (χ4v) is 3.28. The number of benzene rings is 2. The molecule has 10 heteroatoms. The molecular weight excluding hydrogens is 458 g/mol. The number of allylic oxidation sites excluding steroid dienone is 1. The van der Waals surface area contributed by atoms with Crippen molar-refractivity contribution < 1.29 is 42.5 Å². The first kappa shape index (κ1) is 23.3. The van der Waals surface area contributed by atoms with Crippen LogP contribution in [0.2, 0.25) is 0 Å². The van der Waals surface area contributed by atoms with Gasteiger partial charge >= 0.3 is 11.9 Å². The lowest BCUT2D eigenvalue weighted by Crippen LogP contribution is -2.22. The number of ether oxygens (including phenoxy) is 4. The number of furan rings is 1. The Morgan fingerprint density at radius 2 is 1.80 bits per heavy atom. The molecule has 0 bridgehead atoms. The second-order valence-corrected chi connectivity index (χ2v) is 7.19. The number of hydrogen-bond donors (Lipinski definition) is 1. The lowest BCUT2D eigenvalue weighted by Gasteiger charge is -2.12. The smallest absolute Gasteiger partial charge is 0.339 e. The highest BCUT2D eigenvalue weighted by molar-refractivity contribution is 6.14. The Morgan fingerprint density at radius 3 is 2.51 bits per heavy atom. The van der Waals surface area contributed by atoms with Gasteiger partial charge in [-0.25, -0.2) is 9.59 Å². The maximum Gasteiger partial charge on any atom is 0.339 e. The first-order valence-corrected chi connectivity index (χ1v) is 10.2. The van der Waals surface area contributed by atoms with E-state index >= 15 is 0 Å². The van der Waals surface area contributed by atoms with Crippen LogP contribution in [-0.2, 0) is 14.3 Å². The van der Waals surface area contributed by atoms with Crippen LogP contribution < -0.4 is 14.8 Å². The SMILES string of the molecule is COC(=O)c1ccc(C(=O)OC)c(NC(=O)COc2ccc3c(c2)OC(=Cc2ccco2)C3=O)c1. The van der Waals surface area contributed by atoms with E-state index in [1.54, 1.807) is 12.1 Å². The van der Waals surface area contributed by atoms with Crippen LogP contribution in [-0.4, -0.2) is 44.5 Å². The molecule has 3 aromatic rings. The largest absolute Gasteiger partial charge is 0.484 e. The molecule has 0 spiro atoms. The Balaban J connectivity index is 1.44. The number of methoxy groups -OCH3 is 2. The number of hydrogen-bond acceptors (Lipinski definition) is 9. The molecule has 10 nitrogen and oxygen atoms in total. The van der Waals surface area contributed by atoms with Gasteiger partial charge in [-0.15, -0.1) is 0 Å². The highest BCUT2D eigenvalue weighted by atomic mass is 16.5. The van der Waals surface area contributed by atoms with E-state index in [-0.39, 0.29) is 39.9 Å². The summed E-state index contributed by atoms with van der Waals surface area (Å²) in [4.78, 5) is 48.9. The maximum atomic E-state index is 12.5. The van der Waals surface area contributed by atoms with Gasteiger partial charge in [0.2, 0.25) is 5.78 Å². The van der Waals surface area contributed by atoms with Crippen LogP contribution in [0.5, 0.6) is 11.5 Å². The zero-order valence-corrected chi connectivity index (χ0v) is 18.7. The van der Waals surface area contributed by atoms with Crippen LogP contribution in [0, 0.1) is 0 Å². The minimum Gasteiger partial charge on any atom is -0.484 e. The molecule has 1 aliphatic heterocycles. The fraction of sp³-hybridized carbons (Fsp3) is 0.120. The molecular formula is C25H19NO9. The minimum absolute atomic E-state index is 0.0498. The summed E-state index contributed by atoms with van der Waals surface area (Å²) in [5.41, 5.74) is 0.593. The monoisotopic (exact) mass is 477 g/mol. The minimum atomic E-state index is -0.698. The second kappa shape index (κ2) is 9.96. The molecule has 2 aromatic carbocycles. The van der Waals surface area contributed by atoms with Gasteiger partial charge in [-0.3, -0.25) is 9.59 Å². The van der Waals surface area contributed by atoms with Gasteiger partial charge in [0.15, 0.2) is 12.4 Å². The molecule has 35 heavy (non-hydrogen) atoms. The summed E-state index contributed by atoms with van der Waals surface area (Å²) in [6.45, 7) is -0.426. The van der Waals surface area contributed by atoms with Crippen molar-refractivity contribution in [3.8, 4) is 11.5 Å². The van der Waals surface area contributed by atoms with Crippen LogP contribution >= 0.6 is 0 Å². The number of anilines is 1. The standard InChI is InChI=1S/C25H19NO9/c1-31-24(29)14-5-7-17(25(30)32-2)19(10-14)26-22(27)13-34-16-6-8-18-20(11-16)35-21(23(18)28)12-15-4-3-9-33-15/h3-12H,13H2,1-2H3,(H,26,27). The van der Waals surface area contributed by atoms with Gasteiger partial charge in [0.1, 0.15) is 17.3 Å². The molecule has 1 amide bonds. The average Bonchev–Trinajstić information content (AvgIpc) is 3.49. The third-order valence-corrected chi connectivity index (χ3v) is 4.95. The Kier molecular flexibility index (Phi) is 6.63. The van der Waals surface area contributed by atoms with Crippen molar-refractivity contribution >= 4 is 35.4 Å². The Morgan fingerprint density at radius 1 is 1.00 bits per heavy atom. The molecule has 1 aliphatic rings. The van der Waals surface area contributed by atoms with E-state index in [2.05, 4.69) is 10.1 Å². The summed E-state index contributed by atoms with van der Waals surface area (Å²) in [5.74, 6) is -1.11. The fourth-order valence-electron chi connectivity index (χ4n) is 3.28. The molecule has 0 saturated carbocycles. The van der Waals surface area contributed by atoms with Gasteiger partial charge in [0, 0.05) is 12.1 Å². The Hall–Kier alpha value is -4.86. The first-order chi connectivity index (χ1) is 16.9. The quantitative estimate of drug-likeness (QED) is 0.401. The summed E-state index contributed by atoms with van der Waals surface area (Å²) in [6.07, 6.45) is 2.97. The average molecular weight is 477 g/mol. The summed E-state index contributed by atoms with van der Waals surface area (Å²) in [5, 5.41) is 2.53. The zero-order valence-electron chi connectivity index (χ0n) is 18.7. The van der Waals surface area contributed by atoms with E-state index in [1.807, 2.05) is 0 Å². The number of fused-ring (bicyclic) bond motifs is 1. The number of carbonyl (C=O) groups is 4. The molecule has 2 heterocycles. The maximum absolute atomic E-state index is 12.5. The van der Waals surface area contributed by atoms with Gasteiger partial charge in [-0.05, 0) is 42.5 Å². The zero-order chi connectivity index (χ0) is 24.9. The van der Waals surface area contributed by atoms with Crippen molar-refractivity contribution in [3.63, 3.8) is 0 Å². The van der Waals surface area contributed by atoms with Gasteiger partial charge in [0.05, 0.1) is 42.9 Å². The van der Waals surface area contributed by atoms with Crippen molar-refractivity contribution in [2.45, 2.75) is 0 Å². The van der Waals surface area contributed by atoms with E-state index < -0.39 is 24.5 Å². The van der Waals surface area contributed by atoms with Crippen molar-refractivity contribution in [1.82, 2.24) is 0 Å². The molecule has 178 valence electrons. The molecule has 0 unspecified atom stereocenters. The molecule has 0 fully saturated rings. The lowest BCUT2D eigenvalue weighted by atomic mass is 10.1. The molecule has 4 rings (SSSR count). The van der Waals surface area contributed by atoms with Gasteiger partial charge < -0.3 is 28.7 Å². The number of carbonyl (C=O) groups excluding carboxylic acids is 4. The Bertz CT molecular complexity index is 1340. The molecule has 0 radical (unpaired) electrons. The van der Waals surface area contributed by atoms with Crippen molar-refractivity contribution in [3.05, 3.63) is 83.0 Å². The molecule has 0 atom stereocenters. The molecule has 0 saturated heterocycles. The molecule has 1 N–H and O–H groups in total. The number of ketones is 1. The molecule has 1 aromatic heterocycles. The Labute approximate surface area is 199 Å². The van der Waals surface area contributed by atoms with Crippen molar-refractivity contribution in [2.75, 3.05) is 26.1 Å². The number of Topliss-reactive ketones (excluding diaryl/α,β-unsaturated/α-hetero) is 1. The van der Waals surface area contributed by atoms with Crippen LogP contribution in [0.1, 0.15) is 36.8 Å². The molecule has 0 aliphatic carbocycles. The first-order valence-electron chi connectivity index (χ1n) is 10.2. The van der Waals surface area contributed by atoms with E-state index in [9.17, 15) is 19.2 Å². The number of rotatable bonds is 7. The predicted molar refractivity (Wildman–Crippen MR) is 121 cm³/mol. The highest BCUT2D eigenvalue weighted by Crippen LogP contribution is 2.35. The normalized spacial score (nSPS) is 13.1. The van der Waals surface area contributed by atoms with E-state index in [0.29, 0.717) is 11.3 Å². The predicted octanol–water partition coefficient (Wildman–Crippen LogP) is 3.49. The number of nitrogens with one attached hydrogen (secondary N) is 1. The van der Waals surface area contributed by atoms with Gasteiger partial charge in [0.25, 0.3) is 5.91 Å². The third kappa shape index (κ3) is 5.06. The van der Waals surface area contributed by atoms with E-state index in [0.717, 1.165) is 0 Å². The van der Waals surface area contributed by atoms with Crippen LogP contribution in [0.3, 0.4) is 0 Å². The van der Waals surface area contributed by atoms with Crippen molar-refractivity contribution in [1.29, 1.82) is 0 Å². The highest BCUT2D eigenvalue weighted by Gasteiger charge is 2.28. The van der Waals surface area contributed by atoms with Crippen LogP contribution in [0.25, 0.3) is 6.08 Å². The summed E-state index contributed by atoms with van der Waals surface area (Å²) >= 11 is 0. The third-order valence-electron chi connectivity index (χ3n) is 4.95. The van der Waals surface area contributed by atoms with Gasteiger partial charge in [-0.1, -0.05) is 0 Å². The topological polar surface area (TPSA) is 130 Å². The summed E-state index contributed by atoms with van der Waals surface area (Å²) in [6, 6.07) is 12.0. The van der Waals surface area contributed by atoms with Crippen LogP contribution in [0.15, 0.2) is 65.0 Å². The van der Waals surface area contributed by atoms with E-state index in [4.69, 9.17) is 18.6 Å². The van der Waals surface area contributed by atoms with Crippen LogP contribution in [0.4, 0.5) is 5.69 Å². The summed E-state index contributed by atoms with van der Waals surface area (Å²) < 4.78 is 25.7. The number of esters is 2. The lowest BCUT2D eigenvalue weighted by molar-refractivity contribution is -0.118. The second-order valence-electron chi connectivity index (χ2n) is 7.19. The summed E-state index contributed by atoms with van der Waals surface area (Å²) in [7, 11) is 2.41. The van der Waals surface area contributed by atoms with Gasteiger partial charge in [-0.2, -0.15) is 0 Å². The number of amides is 1. The van der Waals surface area contributed by atoms with E-state index in [1.165, 1.54) is 63.0 Å². The van der Waals surface area contributed by atoms with Crippen molar-refractivity contribution in [2.24, 2.45) is 0 Å².